The van der Waals surface area contributed by atoms with Crippen LogP contribution in [-0.2, 0) is 31.0 Å². The molecule has 2 N–H and O–H groups in total. The number of ether oxygens (including phenoxy) is 1. The second kappa shape index (κ2) is 7.14. The number of rotatable bonds is 6. The van der Waals surface area contributed by atoms with E-state index in [1.165, 1.54) is 0 Å². The molecule has 0 aromatic carbocycles. The van der Waals surface area contributed by atoms with Gasteiger partial charge in [0, 0.05) is 26.2 Å². The number of H-pyrrole nitrogens is 1. The molecule has 0 fully saturated rings. The molecular formula is C16H24N6O2. The fraction of sp³-hybridized carbons (Fsp3) is 0.562. The molecule has 0 atom stereocenters. The highest BCUT2D eigenvalue weighted by molar-refractivity contribution is 5.92. The number of hydrogen-bond donors (Lipinski definition) is 2. The van der Waals surface area contributed by atoms with E-state index in [-0.39, 0.29) is 5.91 Å². The summed E-state index contributed by atoms with van der Waals surface area (Å²) in [5.41, 5.74) is 3.20. The Labute approximate surface area is 141 Å². The van der Waals surface area contributed by atoms with E-state index in [2.05, 4.69) is 39.4 Å². The largest absolute Gasteiger partial charge is 0.378 e. The Morgan fingerprint density at radius 1 is 1.42 bits per heavy atom. The smallest absolute Gasteiger partial charge is 0.272 e. The summed E-state index contributed by atoms with van der Waals surface area (Å²) in [5, 5.41) is 14.3. The first-order valence-electron chi connectivity index (χ1n) is 8.18. The minimum Gasteiger partial charge on any atom is -0.378 e. The first-order chi connectivity index (χ1) is 11.6. The van der Waals surface area contributed by atoms with Gasteiger partial charge in [-0.1, -0.05) is 0 Å². The van der Waals surface area contributed by atoms with Gasteiger partial charge in [0.25, 0.3) is 5.91 Å². The monoisotopic (exact) mass is 332 g/mol. The maximum Gasteiger partial charge on any atom is 0.272 e. The standard InChI is InChI=1S/C16H24N6O2/c1-11(2)21-4-5-22-14(9-21)7-15(20-22)16(23)17-8-12-6-13(10-24-3)19-18-12/h6-7,11H,4-5,8-10H2,1-3H3,(H,17,23)(H,18,19). The van der Waals surface area contributed by atoms with Gasteiger partial charge < -0.3 is 10.1 Å². The van der Waals surface area contributed by atoms with Gasteiger partial charge in [-0.3, -0.25) is 19.5 Å². The SMILES string of the molecule is COCc1cc(CNC(=O)c2cc3n(n2)CCN(C(C)C)C3)[nH]n1. The third-order valence-corrected chi connectivity index (χ3v) is 4.21. The fourth-order valence-corrected chi connectivity index (χ4v) is 2.83. The van der Waals surface area contributed by atoms with E-state index < -0.39 is 0 Å². The summed E-state index contributed by atoms with van der Waals surface area (Å²) in [5.74, 6) is -0.170. The summed E-state index contributed by atoms with van der Waals surface area (Å²) < 4.78 is 6.95. The number of carbonyl (C=O) groups excluding carboxylic acids is 1. The molecule has 0 bridgehead atoms. The highest BCUT2D eigenvalue weighted by atomic mass is 16.5. The first kappa shape index (κ1) is 16.7. The Balaban J connectivity index is 1.59. The van der Waals surface area contributed by atoms with Crippen LogP contribution in [0.5, 0.6) is 0 Å². The van der Waals surface area contributed by atoms with Gasteiger partial charge in [0.15, 0.2) is 5.69 Å². The van der Waals surface area contributed by atoms with Crippen LogP contribution in [0.25, 0.3) is 0 Å². The molecule has 0 unspecified atom stereocenters. The Kier molecular flexibility index (Phi) is 4.96. The molecule has 1 aliphatic heterocycles. The Bertz CT molecular complexity index is 705. The number of carbonyl (C=O) groups is 1. The summed E-state index contributed by atoms with van der Waals surface area (Å²) in [4.78, 5) is 14.7. The molecule has 130 valence electrons. The van der Waals surface area contributed by atoms with Crippen LogP contribution in [0.1, 0.15) is 41.4 Å². The van der Waals surface area contributed by atoms with Gasteiger partial charge in [0.1, 0.15) is 0 Å². The lowest BCUT2D eigenvalue weighted by atomic mass is 10.2. The van der Waals surface area contributed by atoms with Crippen LogP contribution < -0.4 is 5.32 Å². The zero-order valence-electron chi connectivity index (χ0n) is 14.4. The molecule has 2 aromatic rings. The zero-order chi connectivity index (χ0) is 17.1. The van der Waals surface area contributed by atoms with Gasteiger partial charge in [-0.25, -0.2) is 0 Å². The molecule has 3 rings (SSSR count). The van der Waals surface area contributed by atoms with E-state index in [9.17, 15) is 4.79 Å². The third kappa shape index (κ3) is 3.65. The third-order valence-electron chi connectivity index (χ3n) is 4.21. The average Bonchev–Trinajstić information content (AvgIpc) is 3.18. The predicted molar refractivity (Wildman–Crippen MR) is 88.2 cm³/mol. The molecule has 3 heterocycles. The number of amides is 1. The van der Waals surface area contributed by atoms with Crippen LogP contribution in [0.3, 0.4) is 0 Å². The van der Waals surface area contributed by atoms with Crippen LogP contribution in [0, 0.1) is 0 Å². The van der Waals surface area contributed by atoms with Gasteiger partial charge >= 0.3 is 0 Å². The number of nitrogens with zero attached hydrogens (tertiary/aromatic N) is 4. The van der Waals surface area contributed by atoms with Crippen molar-refractivity contribution in [2.24, 2.45) is 0 Å². The molecule has 0 saturated heterocycles. The van der Waals surface area contributed by atoms with E-state index in [1.807, 2.05) is 16.8 Å². The highest BCUT2D eigenvalue weighted by Crippen LogP contribution is 2.15. The maximum atomic E-state index is 12.3. The predicted octanol–water partition coefficient (Wildman–Crippen LogP) is 0.907. The molecule has 8 heteroatoms. The summed E-state index contributed by atoms with van der Waals surface area (Å²) in [6, 6.07) is 4.25. The van der Waals surface area contributed by atoms with Gasteiger partial charge in [-0.2, -0.15) is 10.2 Å². The summed E-state index contributed by atoms with van der Waals surface area (Å²) in [7, 11) is 1.62. The second-order valence-electron chi connectivity index (χ2n) is 6.31. The number of aromatic nitrogens is 4. The van der Waals surface area contributed by atoms with E-state index in [0.717, 1.165) is 36.7 Å². The van der Waals surface area contributed by atoms with Gasteiger partial charge in [-0.05, 0) is 26.0 Å². The Hall–Kier alpha value is -2.19. The van der Waals surface area contributed by atoms with E-state index in [4.69, 9.17) is 4.74 Å². The van der Waals surface area contributed by atoms with E-state index in [0.29, 0.717) is 24.9 Å². The van der Waals surface area contributed by atoms with Crippen molar-refractivity contribution in [3.8, 4) is 0 Å². The number of methoxy groups -OCH3 is 1. The van der Waals surface area contributed by atoms with Gasteiger partial charge in [-0.15, -0.1) is 0 Å². The van der Waals surface area contributed by atoms with Crippen LogP contribution in [0.4, 0.5) is 0 Å². The first-order valence-corrected chi connectivity index (χ1v) is 8.18. The number of hydrogen-bond acceptors (Lipinski definition) is 5. The van der Waals surface area contributed by atoms with Crippen LogP contribution in [0.15, 0.2) is 12.1 Å². The molecule has 1 aliphatic rings. The minimum atomic E-state index is -0.170. The van der Waals surface area contributed by atoms with Crippen molar-refractivity contribution in [3.63, 3.8) is 0 Å². The Morgan fingerprint density at radius 2 is 2.25 bits per heavy atom. The summed E-state index contributed by atoms with van der Waals surface area (Å²) in [6.45, 7) is 7.81. The van der Waals surface area contributed by atoms with Crippen LogP contribution in [-0.4, -0.2) is 50.5 Å². The van der Waals surface area contributed by atoms with Gasteiger partial charge in [0.05, 0.1) is 36.8 Å². The lowest BCUT2D eigenvalue weighted by Gasteiger charge is -2.30. The van der Waals surface area contributed by atoms with Crippen molar-refractivity contribution < 1.29 is 9.53 Å². The quantitative estimate of drug-likeness (QED) is 0.821. The van der Waals surface area contributed by atoms with Gasteiger partial charge in [0.2, 0.25) is 0 Å². The second-order valence-corrected chi connectivity index (χ2v) is 6.31. The lowest BCUT2D eigenvalue weighted by Crippen LogP contribution is -2.38. The number of nitrogens with one attached hydrogen (secondary N) is 2. The maximum absolute atomic E-state index is 12.3. The van der Waals surface area contributed by atoms with Crippen molar-refractivity contribution in [3.05, 3.63) is 34.9 Å². The minimum absolute atomic E-state index is 0.170. The van der Waals surface area contributed by atoms with Crippen LogP contribution in [0.2, 0.25) is 0 Å². The van der Waals surface area contributed by atoms with E-state index in [1.54, 1.807) is 7.11 Å². The molecule has 1 amide bonds. The molecule has 2 aromatic heterocycles. The van der Waals surface area contributed by atoms with Crippen LogP contribution >= 0.6 is 0 Å². The van der Waals surface area contributed by atoms with Crippen molar-refractivity contribution in [1.82, 2.24) is 30.2 Å². The molecule has 0 saturated carbocycles. The van der Waals surface area contributed by atoms with E-state index >= 15 is 0 Å². The molecule has 0 radical (unpaired) electrons. The van der Waals surface area contributed by atoms with Crippen molar-refractivity contribution in [2.75, 3.05) is 13.7 Å². The highest BCUT2D eigenvalue weighted by Gasteiger charge is 2.22. The van der Waals surface area contributed by atoms with Crippen molar-refractivity contribution in [1.29, 1.82) is 0 Å². The van der Waals surface area contributed by atoms with Crippen molar-refractivity contribution >= 4 is 5.91 Å². The average molecular weight is 332 g/mol. The zero-order valence-corrected chi connectivity index (χ0v) is 14.4. The number of aromatic amines is 1. The normalized spacial score (nSPS) is 14.8. The molecule has 24 heavy (non-hydrogen) atoms. The Morgan fingerprint density at radius 3 is 3.00 bits per heavy atom. The summed E-state index contributed by atoms with van der Waals surface area (Å²) in [6.07, 6.45) is 0. The molecule has 8 nitrogen and oxygen atoms in total. The number of fused-ring (bicyclic) bond motifs is 1. The van der Waals surface area contributed by atoms with Crippen molar-refractivity contribution in [2.45, 2.75) is 46.1 Å². The lowest BCUT2D eigenvalue weighted by molar-refractivity contribution is 0.0944. The summed E-state index contributed by atoms with van der Waals surface area (Å²) >= 11 is 0. The topological polar surface area (TPSA) is 88.1 Å². The molecule has 0 aliphatic carbocycles. The fourth-order valence-electron chi connectivity index (χ4n) is 2.83. The molecular weight excluding hydrogens is 308 g/mol. The molecule has 0 spiro atoms.